The highest BCUT2D eigenvalue weighted by Crippen LogP contribution is 2.16. The third-order valence-corrected chi connectivity index (χ3v) is 2.49. The molecule has 0 heterocycles. The number of phenolic OH excluding ortho intramolecular Hbond substituents is 1. The minimum absolute atomic E-state index is 0.171. The highest BCUT2D eigenvalue weighted by molar-refractivity contribution is 5.27. The summed E-state index contributed by atoms with van der Waals surface area (Å²) in [4.78, 5) is 0. The van der Waals surface area contributed by atoms with Gasteiger partial charge in [0.1, 0.15) is 11.5 Å². The molecular formula is C11H19N3O2. The van der Waals surface area contributed by atoms with Gasteiger partial charge in [0.2, 0.25) is 0 Å². The monoisotopic (exact) mass is 225 g/mol. The van der Waals surface area contributed by atoms with Gasteiger partial charge < -0.3 is 21.7 Å². The summed E-state index contributed by atoms with van der Waals surface area (Å²) in [7, 11) is 0. The minimum Gasteiger partial charge on any atom is -0.508 e. The topological polar surface area (TPSA) is 105 Å². The first-order valence-corrected chi connectivity index (χ1v) is 5.24. The number of phenols is 1. The zero-order chi connectivity index (χ0) is 12.2. The number of nitrogens with two attached hydrogens (primary N) is 2. The number of rotatable bonds is 5. The van der Waals surface area contributed by atoms with Gasteiger partial charge in [0.05, 0.1) is 6.10 Å². The second-order valence-corrected chi connectivity index (χ2v) is 3.88. The average molecular weight is 225 g/mol. The van der Waals surface area contributed by atoms with Crippen LogP contribution in [0, 0.1) is 0 Å². The Morgan fingerprint density at radius 2 is 1.88 bits per heavy atom. The van der Waals surface area contributed by atoms with Gasteiger partial charge in [0, 0.05) is 6.54 Å². The lowest BCUT2D eigenvalue weighted by molar-refractivity contribution is 0.155. The van der Waals surface area contributed by atoms with Gasteiger partial charge in [-0.15, -0.1) is 0 Å². The summed E-state index contributed by atoms with van der Waals surface area (Å²) in [6, 6.07) is 6.36. The Balaban J connectivity index is 2.53. The zero-order valence-corrected chi connectivity index (χ0v) is 9.35. The molecule has 0 spiro atoms. The van der Waals surface area contributed by atoms with Crippen molar-refractivity contribution in [1.82, 2.24) is 5.32 Å². The van der Waals surface area contributed by atoms with Gasteiger partial charge in [-0.2, -0.15) is 0 Å². The standard InChI is InChI=1S/C11H19N3O2/c1-2-11(12,13)14-7-10(16)8-3-5-9(15)6-4-8/h3-6,10,14-16H,2,7,12-13H2,1H3. The molecule has 0 saturated heterocycles. The molecule has 1 rings (SSSR count). The maximum absolute atomic E-state index is 9.82. The molecule has 0 saturated carbocycles. The lowest BCUT2D eigenvalue weighted by Gasteiger charge is -2.26. The molecule has 0 amide bonds. The van der Waals surface area contributed by atoms with E-state index in [9.17, 15) is 5.11 Å². The van der Waals surface area contributed by atoms with Crippen LogP contribution in [0.5, 0.6) is 5.75 Å². The van der Waals surface area contributed by atoms with Crippen LogP contribution in [0.15, 0.2) is 24.3 Å². The molecule has 1 aromatic rings. The first-order chi connectivity index (χ1) is 7.44. The Kier molecular flexibility index (Phi) is 4.26. The molecule has 90 valence electrons. The Morgan fingerprint density at radius 3 is 2.38 bits per heavy atom. The van der Waals surface area contributed by atoms with Crippen LogP contribution in [0.2, 0.25) is 0 Å². The molecule has 5 heteroatoms. The van der Waals surface area contributed by atoms with Crippen LogP contribution in [-0.4, -0.2) is 22.5 Å². The van der Waals surface area contributed by atoms with E-state index in [-0.39, 0.29) is 12.3 Å². The number of benzene rings is 1. The van der Waals surface area contributed by atoms with E-state index in [4.69, 9.17) is 16.6 Å². The van der Waals surface area contributed by atoms with Crippen molar-refractivity contribution in [2.24, 2.45) is 11.5 Å². The second kappa shape index (κ2) is 5.27. The fraction of sp³-hybridized carbons (Fsp3) is 0.455. The van der Waals surface area contributed by atoms with Gasteiger partial charge in [0.25, 0.3) is 0 Å². The third kappa shape index (κ3) is 3.79. The van der Waals surface area contributed by atoms with Crippen molar-refractivity contribution >= 4 is 0 Å². The number of nitrogens with one attached hydrogen (secondary N) is 1. The highest BCUT2D eigenvalue weighted by atomic mass is 16.3. The zero-order valence-electron chi connectivity index (χ0n) is 9.35. The maximum Gasteiger partial charge on any atom is 0.118 e. The van der Waals surface area contributed by atoms with Gasteiger partial charge in [-0.05, 0) is 24.1 Å². The van der Waals surface area contributed by atoms with Crippen molar-refractivity contribution in [3.05, 3.63) is 29.8 Å². The van der Waals surface area contributed by atoms with E-state index in [0.717, 1.165) is 0 Å². The normalized spacial score (nSPS) is 13.8. The molecule has 0 aliphatic carbocycles. The van der Waals surface area contributed by atoms with E-state index in [0.29, 0.717) is 12.0 Å². The first kappa shape index (κ1) is 12.9. The van der Waals surface area contributed by atoms with Crippen molar-refractivity contribution in [3.63, 3.8) is 0 Å². The smallest absolute Gasteiger partial charge is 0.118 e. The number of hydrogen-bond donors (Lipinski definition) is 5. The predicted octanol–water partition coefficient (Wildman–Crippen LogP) is -0.00360. The highest BCUT2D eigenvalue weighted by Gasteiger charge is 2.17. The van der Waals surface area contributed by atoms with Crippen molar-refractivity contribution in [3.8, 4) is 5.75 Å². The first-order valence-electron chi connectivity index (χ1n) is 5.24. The summed E-state index contributed by atoms with van der Waals surface area (Å²) >= 11 is 0. The fourth-order valence-corrected chi connectivity index (χ4v) is 1.23. The SMILES string of the molecule is CCC(N)(N)NCC(O)c1ccc(O)cc1. The largest absolute Gasteiger partial charge is 0.508 e. The molecule has 0 radical (unpaired) electrons. The van der Waals surface area contributed by atoms with Crippen LogP contribution in [0.1, 0.15) is 25.0 Å². The van der Waals surface area contributed by atoms with E-state index in [1.807, 2.05) is 6.92 Å². The van der Waals surface area contributed by atoms with E-state index >= 15 is 0 Å². The van der Waals surface area contributed by atoms with E-state index in [1.54, 1.807) is 12.1 Å². The summed E-state index contributed by atoms with van der Waals surface area (Å²) in [5, 5.41) is 21.8. The van der Waals surface area contributed by atoms with E-state index in [2.05, 4.69) is 5.32 Å². The predicted molar refractivity (Wildman–Crippen MR) is 62.5 cm³/mol. The van der Waals surface area contributed by atoms with Crippen LogP contribution in [0.3, 0.4) is 0 Å². The fourth-order valence-electron chi connectivity index (χ4n) is 1.23. The van der Waals surface area contributed by atoms with Crippen molar-refractivity contribution in [1.29, 1.82) is 0 Å². The molecule has 0 aliphatic heterocycles. The molecular weight excluding hydrogens is 206 g/mol. The Morgan fingerprint density at radius 1 is 1.31 bits per heavy atom. The summed E-state index contributed by atoms with van der Waals surface area (Å²) in [5.74, 6) is -0.790. The van der Waals surface area contributed by atoms with Crippen LogP contribution >= 0.6 is 0 Å². The molecule has 7 N–H and O–H groups in total. The molecule has 0 bridgehead atoms. The molecule has 0 aliphatic rings. The third-order valence-electron chi connectivity index (χ3n) is 2.49. The van der Waals surface area contributed by atoms with Gasteiger partial charge in [-0.1, -0.05) is 19.1 Å². The average Bonchev–Trinajstić information content (AvgIpc) is 2.27. The Labute approximate surface area is 95.1 Å². The summed E-state index contributed by atoms with van der Waals surface area (Å²) in [5.41, 5.74) is 12.1. The number of aromatic hydroxyl groups is 1. The molecule has 16 heavy (non-hydrogen) atoms. The maximum atomic E-state index is 9.82. The molecule has 1 aromatic carbocycles. The van der Waals surface area contributed by atoms with Gasteiger partial charge >= 0.3 is 0 Å². The van der Waals surface area contributed by atoms with Crippen LogP contribution in [0.25, 0.3) is 0 Å². The van der Waals surface area contributed by atoms with Crippen molar-refractivity contribution in [2.75, 3.05) is 6.54 Å². The lowest BCUT2D eigenvalue weighted by atomic mass is 10.1. The van der Waals surface area contributed by atoms with Crippen molar-refractivity contribution < 1.29 is 10.2 Å². The lowest BCUT2D eigenvalue weighted by Crippen LogP contribution is -2.61. The molecule has 0 aromatic heterocycles. The van der Waals surface area contributed by atoms with Gasteiger partial charge in [0.15, 0.2) is 0 Å². The number of aliphatic hydroxyl groups is 1. The van der Waals surface area contributed by atoms with Crippen LogP contribution in [0.4, 0.5) is 0 Å². The van der Waals surface area contributed by atoms with Gasteiger partial charge in [-0.25, -0.2) is 0 Å². The number of aliphatic hydroxyl groups excluding tert-OH is 1. The van der Waals surface area contributed by atoms with E-state index in [1.165, 1.54) is 12.1 Å². The second-order valence-electron chi connectivity index (χ2n) is 3.88. The molecule has 0 fully saturated rings. The van der Waals surface area contributed by atoms with Gasteiger partial charge in [-0.3, -0.25) is 5.32 Å². The van der Waals surface area contributed by atoms with Crippen LogP contribution < -0.4 is 16.8 Å². The molecule has 5 nitrogen and oxygen atoms in total. The Bertz CT molecular complexity index is 325. The minimum atomic E-state index is -0.960. The Hall–Kier alpha value is -1.14. The van der Waals surface area contributed by atoms with Crippen LogP contribution in [-0.2, 0) is 0 Å². The number of hydrogen-bond acceptors (Lipinski definition) is 5. The van der Waals surface area contributed by atoms with E-state index < -0.39 is 11.9 Å². The summed E-state index contributed by atoms with van der Waals surface area (Å²) in [6.45, 7) is 2.13. The van der Waals surface area contributed by atoms with Crippen molar-refractivity contribution in [2.45, 2.75) is 25.2 Å². The quantitative estimate of drug-likeness (QED) is 0.454. The molecule has 1 atom stereocenters. The summed E-state index contributed by atoms with van der Waals surface area (Å²) < 4.78 is 0. The molecule has 1 unspecified atom stereocenters. The summed E-state index contributed by atoms with van der Waals surface area (Å²) in [6.07, 6.45) is -0.131.